The van der Waals surface area contributed by atoms with Gasteiger partial charge in [-0.25, -0.2) is 0 Å². The summed E-state index contributed by atoms with van der Waals surface area (Å²) in [5.41, 5.74) is 4.33. The molecule has 1 saturated heterocycles. The second-order valence-corrected chi connectivity index (χ2v) is 8.73. The minimum Gasteiger partial charge on any atom is -0.508 e. The van der Waals surface area contributed by atoms with Gasteiger partial charge in [0.2, 0.25) is 5.91 Å². The van der Waals surface area contributed by atoms with Crippen molar-refractivity contribution in [3.8, 4) is 11.4 Å². The Hall–Kier alpha value is -4.21. The van der Waals surface area contributed by atoms with Crippen LogP contribution in [0.2, 0.25) is 0 Å². The summed E-state index contributed by atoms with van der Waals surface area (Å²) in [7, 11) is 1.48. The van der Waals surface area contributed by atoms with Crippen LogP contribution in [0.5, 0.6) is 5.75 Å². The molecule has 36 heavy (non-hydrogen) atoms. The summed E-state index contributed by atoms with van der Waals surface area (Å²) in [4.78, 5) is 18.6. The zero-order chi connectivity index (χ0) is 25.1. The number of nitrogens with one attached hydrogen (secondary N) is 2. The van der Waals surface area contributed by atoms with E-state index in [1.54, 1.807) is 18.3 Å². The molecule has 0 aliphatic carbocycles. The molecular formula is C27H25N5O3S. The second-order valence-electron chi connectivity index (χ2n) is 8.34. The molecule has 0 bridgehead atoms. The van der Waals surface area contributed by atoms with Crippen LogP contribution in [-0.2, 0) is 9.53 Å². The molecular weight excluding hydrogens is 474 g/mol. The Bertz CT molecular complexity index is 1360. The largest absolute Gasteiger partial charge is 0.508 e. The Morgan fingerprint density at radius 3 is 2.50 bits per heavy atom. The van der Waals surface area contributed by atoms with Gasteiger partial charge in [-0.3, -0.25) is 9.78 Å². The Morgan fingerprint density at radius 1 is 1.06 bits per heavy atom. The van der Waals surface area contributed by atoms with E-state index >= 15 is 0 Å². The van der Waals surface area contributed by atoms with Crippen LogP contribution in [0, 0.1) is 0 Å². The second kappa shape index (κ2) is 10.2. The van der Waals surface area contributed by atoms with Gasteiger partial charge in [-0.15, -0.1) is 0 Å². The third-order valence-corrected chi connectivity index (χ3v) is 6.33. The fourth-order valence-electron chi connectivity index (χ4n) is 4.45. The smallest absolute Gasteiger partial charge is 0.250 e. The molecule has 2 aromatic carbocycles. The van der Waals surface area contributed by atoms with Gasteiger partial charge in [0.1, 0.15) is 18.4 Å². The summed E-state index contributed by atoms with van der Waals surface area (Å²) < 4.78 is 6.98. The molecule has 1 aliphatic heterocycles. The van der Waals surface area contributed by atoms with Crippen molar-refractivity contribution in [3.05, 3.63) is 103 Å². The first-order valence-corrected chi connectivity index (χ1v) is 11.8. The van der Waals surface area contributed by atoms with E-state index in [0.717, 1.165) is 22.8 Å². The van der Waals surface area contributed by atoms with E-state index in [9.17, 15) is 9.90 Å². The molecule has 0 spiro atoms. The van der Waals surface area contributed by atoms with Gasteiger partial charge in [-0.05, 0) is 85.0 Å². The summed E-state index contributed by atoms with van der Waals surface area (Å²) in [6.07, 6.45) is 3.77. The first kappa shape index (κ1) is 23.5. The van der Waals surface area contributed by atoms with E-state index in [1.807, 2.05) is 66.9 Å². The third-order valence-electron chi connectivity index (χ3n) is 6.01. The van der Waals surface area contributed by atoms with Gasteiger partial charge < -0.3 is 29.9 Å². The molecule has 5 rings (SSSR count). The van der Waals surface area contributed by atoms with Crippen LogP contribution in [-0.4, -0.2) is 39.4 Å². The van der Waals surface area contributed by atoms with Crippen molar-refractivity contribution in [1.82, 2.24) is 14.9 Å². The molecule has 8 nitrogen and oxygen atoms in total. The highest BCUT2D eigenvalue weighted by Crippen LogP contribution is 2.42. The molecule has 1 aliphatic rings. The number of ether oxygens (including phenoxy) is 1. The van der Waals surface area contributed by atoms with Gasteiger partial charge in [0.15, 0.2) is 5.11 Å². The number of aromatic hydroxyl groups is 1. The fraction of sp³-hybridized carbons (Fsp3) is 0.148. The highest BCUT2D eigenvalue weighted by atomic mass is 32.1. The number of phenols is 1. The molecule has 4 aromatic rings. The average Bonchev–Trinajstić information content (AvgIpc) is 3.50. The fourth-order valence-corrected chi connectivity index (χ4v) is 4.80. The number of methoxy groups -OCH3 is 1. The SMILES string of the molecule is COCC(=O)Nc1ccc(N2C(=S)N[C@@H](c3ccccn3)[C@@H]2c2cccn2-c2ccc(O)cc2)cc1. The molecule has 0 radical (unpaired) electrons. The summed E-state index contributed by atoms with van der Waals surface area (Å²) in [5.74, 6) is -0.00902. The standard InChI is InChI=1S/C27H25N5O3S/c1-35-17-24(34)29-18-7-9-20(10-8-18)32-26(25(30-27(32)36)22-5-2-3-15-28-22)23-6-4-16-31(23)19-11-13-21(33)14-12-19/h2-16,25-26,33H,17H2,1H3,(H,29,34)(H,30,36)/t25-,26-/m0/s1. The molecule has 0 saturated carbocycles. The number of benzene rings is 2. The van der Waals surface area contributed by atoms with E-state index < -0.39 is 0 Å². The maximum Gasteiger partial charge on any atom is 0.250 e. The van der Waals surface area contributed by atoms with Crippen molar-refractivity contribution >= 4 is 34.6 Å². The van der Waals surface area contributed by atoms with Crippen LogP contribution in [0.4, 0.5) is 11.4 Å². The number of pyridine rings is 1. The Kier molecular flexibility index (Phi) is 6.66. The number of anilines is 2. The van der Waals surface area contributed by atoms with Crippen LogP contribution in [0.1, 0.15) is 23.5 Å². The Labute approximate surface area is 214 Å². The number of thiocarbonyl (C=S) groups is 1. The zero-order valence-corrected chi connectivity index (χ0v) is 20.4. The predicted octanol–water partition coefficient (Wildman–Crippen LogP) is 4.34. The van der Waals surface area contributed by atoms with Crippen molar-refractivity contribution < 1.29 is 14.6 Å². The van der Waals surface area contributed by atoms with Gasteiger partial charge in [0, 0.05) is 42.3 Å². The predicted molar refractivity (Wildman–Crippen MR) is 142 cm³/mol. The van der Waals surface area contributed by atoms with Gasteiger partial charge in [0.25, 0.3) is 0 Å². The van der Waals surface area contributed by atoms with Crippen molar-refractivity contribution in [1.29, 1.82) is 0 Å². The lowest BCUT2D eigenvalue weighted by molar-refractivity contribution is -0.119. The molecule has 1 fully saturated rings. The minimum absolute atomic E-state index is 0.00996. The van der Waals surface area contributed by atoms with Gasteiger partial charge >= 0.3 is 0 Å². The molecule has 0 unspecified atom stereocenters. The van der Waals surface area contributed by atoms with Gasteiger partial charge in [-0.2, -0.15) is 0 Å². The Balaban J connectivity index is 1.55. The number of rotatable bonds is 7. The molecule has 2 atom stereocenters. The average molecular weight is 500 g/mol. The molecule has 1 amide bonds. The number of hydrogen-bond acceptors (Lipinski definition) is 5. The van der Waals surface area contributed by atoms with Crippen LogP contribution in [0.3, 0.4) is 0 Å². The summed E-state index contributed by atoms with van der Waals surface area (Å²) in [6.45, 7) is -0.00996. The first-order chi connectivity index (χ1) is 17.5. The van der Waals surface area contributed by atoms with Crippen molar-refractivity contribution in [2.45, 2.75) is 12.1 Å². The number of hydrogen-bond donors (Lipinski definition) is 3. The van der Waals surface area contributed by atoms with Gasteiger partial charge in [0.05, 0.1) is 11.7 Å². The number of aromatic nitrogens is 2. The summed E-state index contributed by atoms with van der Waals surface area (Å²) in [6, 6.07) is 24.1. The van der Waals surface area contributed by atoms with Crippen molar-refractivity contribution in [2.75, 3.05) is 23.9 Å². The van der Waals surface area contributed by atoms with Crippen molar-refractivity contribution in [2.24, 2.45) is 0 Å². The van der Waals surface area contributed by atoms with Crippen LogP contribution in [0.25, 0.3) is 5.69 Å². The maximum atomic E-state index is 11.9. The van der Waals surface area contributed by atoms with E-state index in [1.165, 1.54) is 7.11 Å². The van der Waals surface area contributed by atoms with Gasteiger partial charge in [-0.1, -0.05) is 6.07 Å². The normalized spacial score (nSPS) is 17.1. The lowest BCUT2D eigenvalue weighted by Gasteiger charge is -2.29. The Morgan fingerprint density at radius 2 is 1.81 bits per heavy atom. The molecule has 2 aromatic heterocycles. The lowest BCUT2D eigenvalue weighted by atomic mass is 10.0. The van der Waals surface area contributed by atoms with E-state index in [2.05, 4.69) is 31.2 Å². The quantitative estimate of drug-likeness (QED) is 0.326. The first-order valence-electron chi connectivity index (χ1n) is 11.4. The highest BCUT2D eigenvalue weighted by molar-refractivity contribution is 7.80. The van der Waals surface area contributed by atoms with E-state index in [-0.39, 0.29) is 30.3 Å². The number of carbonyl (C=O) groups is 1. The number of amides is 1. The molecule has 182 valence electrons. The molecule has 3 N–H and O–H groups in total. The number of carbonyl (C=O) groups excluding carboxylic acids is 1. The number of phenolic OH excluding ortho intramolecular Hbond substituents is 1. The lowest BCUT2D eigenvalue weighted by Crippen LogP contribution is -2.30. The third kappa shape index (κ3) is 4.66. The maximum absolute atomic E-state index is 11.9. The topological polar surface area (TPSA) is 91.7 Å². The van der Waals surface area contributed by atoms with E-state index in [4.69, 9.17) is 17.0 Å². The highest BCUT2D eigenvalue weighted by Gasteiger charge is 2.42. The number of nitrogens with zero attached hydrogens (tertiary/aromatic N) is 3. The van der Waals surface area contributed by atoms with Crippen LogP contribution in [0.15, 0.2) is 91.3 Å². The molecule has 3 heterocycles. The minimum atomic E-state index is -0.219. The van der Waals surface area contributed by atoms with Crippen LogP contribution < -0.4 is 15.5 Å². The summed E-state index contributed by atoms with van der Waals surface area (Å²) >= 11 is 5.82. The van der Waals surface area contributed by atoms with E-state index in [0.29, 0.717) is 10.8 Å². The monoisotopic (exact) mass is 499 g/mol. The molecule has 9 heteroatoms. The van der Waals surface area contributed by atoms with Crippen LogP contribution >= 0.6 is 12.2 Å². The summed E-state index contributed by atoms with van der Waals surface area (Å²) in [5, 5.41) is 16.6. The zero-order valence-electron chi connectivity index (χ0n) is 19.5. The van der Waals surface area contributed by atoms with Crippen molar-refractivity contribution in [3.63, 3.8) is 0 Å².